The summed E-state index contributed by atoms with van der Waals surface area (Å²) in [7, 11) is 0. The average Bonchev–Trinajstić information content (AvgIpc) is 3.32. The maximum atomic E-state index is 12.4. The van der Waals surface area contributed by atoms with E-state index in [2.05, 4.69) is 23.7 Å². The van der Waals surface area contributed by atoms with Gasteiger partial charge < -0.3 is 15.1 Å². The number of amides is 3. The lowest BCUT2D eigenvalue weighted by Crippen LogP contribution is -2.43. The molecule has 1 aromatic rings. The van der Waals surface area contributed by atoms with Crippen LogP contribution in [-0.2, 0) is 4.79 Å². The van der Waals surface area contributed by atoms with Crippen molar-refractivity contribution in [2.75, 3.05) is 32.7 Å². The van der Waals surface area contributed by atoms with Gasteiger partial charge in [0.2, 0.25) is 5.91 Å². The molecule has 1 atom stereocenters. The number of nitrogens with one attached hydrogen (secondary N) is 1. The van der Waals surface area contributed by atoms with Crippen molar-refractivity contribution in [2.45, 2.75) is 32.1 Å². The number of carbonyl (C=O) groups excluding carboxylic acids is 2. The smallest absolute Gasteiger partial charge is 0.317 e. The molecule has 2 fully saturated rings. The lowest BCUT2D eigenvalue weighted by molar-refractivity contribution is -0.132. The van der Waals surface area contributed by atoms with E-state index in [0.29, 0.717) is 31.5 Å². The highest BCUT2D eigenvalue weighted by molar-refractivity contribution is 7.10. The Labute approximate surface area is 141 Å². The van der Waals surface area contributed by atoms with Gasteiger partial charge in [-0.25, -0.2) is 4.79 Å². The summed E-state index contributed by atoms with van der Waals surface area (Å²) < 4.78 is 0. The van der Waals surface area contributed by atoms with Crippen LogP contribution in [0.15, 0.2) is 17.5 Å². The first-order valence-electron chi connectivity index (χ1n) is 8.50. The monoisotopic (exact) mass is 335 g/mol. The van der Waals surface area contributed by atoms with E-state index in [1.807, 2.05) is 15.9 Å². The molecule has 5 nitrogen and oxygen atoms in total. The van der Waals surface area contributed by atoms with Gasteiger partial charge in [-0.15, -0.1) is 11.3 Å². The molecule has 6 heteroatoms. The lowest BCUT2D eigenvalue weighted by atomic mass is 10.1. The minimum atomic E-state index is -0.00544. The van der Waals surface area contributed by atoms with Gasteiger partial charge in [-0.1, -0.05) is 13.0 Å². The average molecular weight is 335 g/mol. The summed E-state index contributed by atoms with van der Waals surface area (Å²) in [6.45, 7) is 5.60. The Kier molecular flexibility index (Phi) is 5.20. The van der Waals surface area contributed by atoms with Crippen LogP contribution in [0.3, 0.4) is 0 Å². The standard InChI is InChI=1S/C17H25N3O2S/c1-13(15-4-2-11-23-15)12-18-17(22)20-8-3-7-19(9-10-20)16(21)14-5-6-14/h2,4,11,13-14H,3,5-10,12H2,1H3,(H,18,22). The molecule has 3 amide bonds. The van der Waals surface area contributed by atoms with E-state index in [9.17, 15) is 9.59 Å². The summed E-state index contributed by atoms with van der Waals surface area (Å²) in [6.07, 6.45) is 2.95. The summed E-state index contributed by atoms with van der Waals surface area (Å²) in [4.78, 5) is 29.6. The van der Waals surface area contributed by atoms with Crippen LogP contribution in [0.25, 0.3) is 0 Å². The molecule has 126 valence electrons. The van der Waals surface area contributed by atoms with E-state index in [4.69, 9.17) is 0 Å². The number of carbonyl (C=O) groups is 2. The normalized spacial score (nSPS) is 20.0. The molecule has 1 N–H and O–H groups in total. The molecule has 1 saturated heterocycles. The number of rotatable bonds is 4. The van der Waals surface area contributed by atoms with Crippen molar-refractivity contribution in [3.05, 3.63) is 22.4 Å². The zero-order chi connectivity index (χ0) is 16.2. The van der Waals surface area contributed by atoms with Gasteiger partial charge in [0, 0.05) is 49.4 Å². The van der Waals surface area contributed by atoms with E-state index < -0.39 is 0 Å². The highest BCUT2D eigenvalue weighted by Gasteiger charge is 2.34. The Hall–Kier alpha value is -1.56. The molecule has 0 aromatic carbocycles. The van der Waals surface area contributed by atoms with E-state index in [-0.39, 0.29) is 11.9 Å². The molecule has 0 spiro atoms. The van der Waals surface area contributed by atoms with Crippen LogP contribution in [-0.4, -0.2) is 54.5 Å². The first kappa shape index (κ1) is 16.3. The van der Waals surface area contributed by atoms with Gasteiger partial charge in [0.25, 0.3) is 0 Å². The zero-order valence-electron chi connectivity index (χ0n) is 13.7. The molecule has 1 aliphatic heterocycles. The van der Waals surface area contributed by atoms with Crippen molar-refractivity contribution in [1.29, 1.82) is 0 Å². The fraction of sp³-hybridized carbons (Fsp3) is 0.647. The first-order chi connectivity index (χ1) is 11.1. The summed E-state index contributed by atoms with van der Waals surface area (Å²) in [6, 6.07) is 4.14. The molecule has 1 aliphatic carbocycles. The first-order valence-corrected chi connectivity index (χ1v) is 9.38. The Morgan fingerprint density at radius 1 is 1.26 bits per heavy atom. The Bertz CT molecular complexity index is 542. The van der Waals surface area contributed by atoms with Crippen LogP contribution in [0.5, 0.6) is 0 Å². The third-order valence-electron chi connectivity index (χ3n) is 4.61. The van der Waals surface area contributed by atoms with Crippen molar-refractivity contribution >= 4 is 23.3 Å². The third-order valence-corrected chi connectivity index (χ3v) is 5.71. The van der Waals surface area contributed by atoms with Crippen molar-refractivity contribution < 1.29 is 9.59 Å². The summed E-state index contributed by atoms with van der Waals surface area (Å²) in [5, 5.41) is 5.10. The van der Waals surface area contributed by atoms with Gasteiger partial charge in [0.15, 0.2) is 0 Å². The molecule has 1 unspecified atom stereocenters. The van der Waals surface area contributed by atoms with Crippen LogP contribution >= 0.6 is 11.3 Å². The number of thiophene rings is 1. The third kappa shape index (κ3) is 4.25. The van der Waals surface area contributed by atoms with Gasteiger partial charge in [0.1, 0.15) is 0 Å². The molecule has 0 bridgehead atoms. The Morgan fingerprint density at radius 2 is 2.00 bits per heavy atom. The lowest BCUT2D eigenvalue weighted by Gasteiger charge is -2.23. The molecule has 3 rings (SSSR count). The van der Waals surface area contributed by atoms with Gasteiger partial charge >= 0.3 is 6.03 Å². The second kappa shape index (κ2) is 7.34. The number of nitrogens with zero attached hydrogens (tertiary/aromatic N) is 2. The van der Waals surface area contributed by atoms with E-state index in [1.54, 1.807) is 11.3 Å². The van der Waals surface area contributed by atoms with Crippen LogP contribution in [0.1, 0.15) is 37.0 Å². The van der Waals surface area contributed by atoms with Crippen molar-refractivity contribution in [3.63, 3.8) is 0 Å². The summed E-state index contributed by atoms with van der Waals surface area (Å²) in [5.74, 6) is 0.888. The molecule has 23 heavy (non-hydrogen) atoms. The maximum Gasteiger partial charge on any atom is 0.317 e. The second-order valence-corrected chi connectivity index (χ2v) is 7.52. The minimum Gasteiger partial charge on any atom is -0.341 e. The van der Waals surface area contributed by atoms with Crippen LogP contribution < -0.4 is 5.32 Å². The fourth-order valence-electron chi connectivity index (χ4n) is 2.95. The second-order valence-electron chi connectivity index (χ2n) is 6.54. The maximum absolute atomic E-state index is 12.4. The fourth-order valence-corrected chi connectivity index (χ4v) is 3.74. The summed E-state index contributed by atoms with van der Waals surface area (Å²) in [5.41, 5.74) is 0. The van der Waals surface area contributed by atoms with Crippen LogP contribution in [0.2, 0.25) is 0 Å². The molecular formula is C17H25N3O2S. The van der Waals surface area contributed by atoms with Gasteiger partial charge in [-0.2, -0.15) is 0 Å². The predicted molar refractivity (Wildman–Crippen MR) is 91.6 cm³/mol. The Balaban J connectivity index is 1.45. The molecular weight excluding hydrogens is 310 g/mol. The van der Waals surface area contributed by atoms with Crippen molar-refractivity contribution in [3.8, 4) is 0 Å². The topological polar surface area (TPSA) is 52.7 Å². The van der Waals surface area contributed by atoms with E-state index in [1.165, 1.54) is 4.88 Å². The molecule has 2 aliphatic rings. The van der Waals surface area contributed by atoms with Gasteiger partial charge in [-0.05, 0) is 30.7 Å². The quantitative estimate of drug-likeness (QED) is 0.919. The number of urea groups is 1. The largest absolute Gasteiger partial charge is 0.341 e. The van der Waals surface area contributed by atoms with Crippen molar-refractivity contribution in [1.82, 2.24) is 15.1 Å². The van der Waals surface area contributed by atoms with E-state index in [0.717, 1.165) is 32.4 Å². The van der Waals surface area contributed by atoms with Crippen LogP contribution in [0, 0.1) is 5.92 Å². The predicted octanol–water partition coefficient (Wildman–Crippen LogP) is 2.51. The summed E-state index contributed by atoms with van der Waals surface area (Å²) >= 11 is 1.72. The minimum absolute atomic E-state index is 0.00544. The zero-order valence-corrected chi connectivity index (χ0v) is 14.5. The SMILES string of the molecule is CC(CNC(=O)N1CCCN(C(=O)C2CC2)CC1)c1cccs1. The highest BCUT2D eigenvalue weighted by atomic mass is 32.1. The molecule has 1 aromatic heterocycles. The Morgan fingerprint density at radius 3 is 2.70 bits per heavy atom. The molecule has 1 saturated carbocycles. The molecule has 2 heterocycles. The highest BCUT2D eigenvalue weighted by Crippen LogP contribution is 2.31. The van der Waals surface area contributed by atoms with E-state index >= 15 is 0 Å². The van der Waals surface area contributed by atoms with Gasteiger partial charge in [0.05, 0.1) is 0 Å². The number of hydrogen-bond donors (Lipinski definition) is 1. The molecule has 0 radical (unpaired) electrons. The van der Waals surface area contributed by atoms with Crippen molar-refractivity contribution in [2.24, 2.45) is 5.92 Å². The van der Waals surface area contributed by atoms with Crippen LogP contribution in [0.4, 0.5) is 4.79 Å². The van der Waals surface area contributed by atoms with Gasteiger partial charge in [-0.3, -0.25) is 4.79 Å². The number of hydrogen-bond acceptors (Lipinski definition) is 3.